The maximum Gasteiger partial charge on any atom is 0.131 e. The quantitative estimate of drug-likeness (QED) is 0.578. The molecule has 0 fully saturated rings. The van der Waals surface area contributed by atoms with Gasteiger partial charge in [0.1, 0.15) is 18.2 Å². The first-order valence-corrected chi connectivity index (χ1v) is 7.17. The molecule has 0 saturated carbocycles. The van der Waals surface area contributed by atoms with Crippen LogP contribution < -0.4 is 10.1 Å². The Morgan fingerprint density at radius 1 is 1.14 bits per heavy atom. The fourth-order valence-electron chi connectivity index (χ4n) is 2.12. The molecular formula is C19H20FNO. The van der Waals surface area contributed by atoms with E-state index in [4.69, 9.17) is 4.74 Å². The second-order valence-electron chi connectivity index (χ2n) is 4.87. The second-order valence-corrected chi connectivity index (χ2v) is 4.87. The summed E-state index contributed by atoms with van der Waals surface area (Å²) in [4.78, 5) is 0. The van der Waals surface area contributed by atoms with E-state index in [1.54, 1.807) is 12.2 Å². The van der Waals surface area contributed by atoms with Gasteiger partial charge in [0.05, 0.1) is 0 Å². The highest BCUT2D eigenvalue weighted by Crippen LogP contribution is 2.23. The van der Waals surface area contributed by atoms with Crippen molar-refractivity contribution in [1.29, 1.82) is 0 Å². The summed E-state index contributed by atoms with van der Waals surface area (Å²) >= 11 is 0. The van der Waals surface area contributed by atoms with Crippen molar-refractivity contribution in [3.63, 3.8) is 0 Å². The van der Waals surface area contributed by atoms with Gasteiger partial charge >= 0.3 is 0 Å². The topological polar surface area (TPSA) is 21.3 Å². The highest BCUT2D eigenvalue weighted by atomic mass is 19.1. The molecule has 0 atom stereocenters. The molecule has 0 aliphatic carbocycles. The Labute approximate surface area is 130 Å². The van der Waals surface area contributed by atoms with Crippen molar-refractivity contribution in [1.82, 2.24) is 5.32 Å². The Balaban J connectivity index is 2.11. The maximum absolute atomic E-state index is 14.3. The summed E-state index contributed by atoms with van der Waals surface area (Å²) in [6.45, 7) is 8.84. The second kappa shape index (κ2) is 8.15. The zero-order valence-corrected chi connectivity index (χ0v) is 12.5. The molecule has 2 nitrogen and oxygen atoms in total. The van der Waals surface area contributed by atoms with Crippen LogP contribution in [-0.4, -0.2) is 6.54 Å². The van der Waals surface area contributed by atoms with Gasteiger partial charge in [-0.25, -0.2) is 4.39 Å². The van der Waals surface area contributed by atoms with Crippen LogP contribution in [0.25, 0.3) is 6.08 Å². The molecule has 22 heavy (non-hydrogen) atoms. The number of ether oxygens (including phenoxy) is 1. The summed E-state index contributed by atoms with van der Waals surface area (Å²) in [6.07, 6.45) is 3.38. The van der Waals surface area contributed by atoms with Gasteiger partial charge in [0.15, 0.2) is 0 Å². The van der Waals surface area contributed by atoms with Crippen LogP contribution in [0.1, 0.15) is 16.7 Å². The zero-order valence-electron chi connectivity index (χ0n) is 12.5. The lowest BCUT2D eigenvalue weighted by Gasteiger charge is -2.12. The smallest absolute Gasteiger partial charge is 0.131 e. The lowest BCUT2D eigenvalue weighted by Crippen LogP contribution is -2.15. The molecule has 0 radical (unpaired) electrons. The number of hydrogen-bond acceptors (Lipinski definition) is 2. The average Bonchev–Trinajstić information content (AvgIpc) is 2.55. The van der Waals surface area contributed by atoms with E-state index >= 15 is 0 Å². The molecule has 2 rings (SSSR count). The van der Waals surface area contributed by atoms with Gasteiger partial charge in [0, 0.05) is 24.7 Å². The number of rotatable bonds is 8. The first-order valence-electron chi connectivity index (χ1n) is 7.17. The zero-order chi connectivity index (χ0) is 15.8. The first kappa shape index (κ1) is 16.0. The minimum absolute atomic E-state index is 0.294. The normalized spacial score (nSPS) is 10.2. The van der Waals surface area contributed by atoms with Crippen LogP contribution in [0.2, 0.25) is 0 Å². The molecule has 0 aliphatic heterocycles. The summed E-state index contributed by atoms with van der Waals surface area (Å²) in [5.74, 6) is 0.209. The van der Waals surface area contributed by atoms with Crippen LogP contribution >= 0.6 is 0 Å². The van der Waals surface area contributed by atoms with E-state index in [1.165, 1.54) is 6.07 Å². The highest BCUT2D eigenvalue weighted by Gasteiger charge is 2.09. The van der Waals surface area contributed by atoms with Gasteiger partial charge < -0.3 is 10.1 Å². The Morgan fingerprint density at radius 3 is 2.59 bits per heavy atom. The van der Waals surface area contributed by atoms with Crippen LogP contribution in [0.4, 0.5) is 4.39 Å². The lowest BCUT2D eigenvalue weighted by atomic mass is 10.1. The predicted octanol–water partition coefficient (Wildman–Crippen LogP) is 4.32. The van der Waals surface area contributed by atoms with Crippen molar-refractivity contribution in [3.05, 3.63) is 84.2 Å². The summed E-state index contributed by atoms with van der Waals surface area (Å²) in [5, 5.41) is 3.10. The number of halogens is 1. The standard InChI is InChI=1S/C19H20FNO/c1-3-10-21-13-18-16(4-2)11-17(12-19(18)20)22-14-15-8-6-5-7-9-15/h3-9,11-12,21H,1-2,10,13-14H2. The van der Waals surface area contributed by atoms with Crippen molar-refractivity contribution >= 4 is 6.08 Å². The van der Waals surface area contributed by atoms with E-state index < -0.39 is 0 Å². The molecule has 2 aromatic carbocycles. The molecule has 0 unspecified atom stereocenters. The van der Waals surface area contributed by atoms with Crippen molar-refractivity contribution in [2.45, 2.75) is 13.2 Å². The predicted molar refractivity (Wildman–Crippen MR) is 89.2 cm³/mol. The van der Waals surface area contributed by atoms with Gasteiger partial charge in [-0.15, -0.1) is 6.58 Å². The monoisotopic (exact) mass is 297 g/mol. The van der Waals surface area contributed by atoms with Crippen LogP contribution in [-0.2, 0) is 13.2 Å². The molecule has 0 heterocycles. The lowest BCUT2D eigenvalue weighted by molar-refractivity contribution is 0.304. The molecule has 0 bridgehead atoms. The van der Waals surface area contributed by atoms with Gasteiger partial charge in [0.2, 0.25) is 0 Å². The molecule has 0 amide bonds. The van der Waals surface area contributed by atoms with E-state index in [-0.39, 0.29) is 5.82 Å². The van der Waals surface area contributed by atoms with E-state index in [0.717, 1.165) is 11.1 Å². The van der Waals surface area contributed by atoms with E-state index in [0.29, 0.717) is 31.0 Å². The van der Waals surface area contributed by atoms with Crippen LogP contribution in [0.3, 0.4) is 0 Å². The first-order chi connectivity index (χ1) is 10.7. The minimum Gasteiger partial charge on any atom is -0.489 e. The molecule has 0 saturated heterocycles. The highest BCUT2D eigenvalue weighted by molar-refractivity contribution is 5.55. The number of hydrogen-bond donors (Lipinski definition) is 1. The molecule has 0 aromatic heterocycles. The van der Waals surface area contributed by atoms with E-state index in [2.05, 4.69) is 18.5 Å². The van der Waals surface area contributed by atoms with Crippen LogP contribution in [0.5, 0.6) is 5.75 Å². The summed E-state index contributed by atoms with van der Waals surface area (Å²) in [5.41, 5.74) is 2.36. The largest absolute Gasteiger partial charge is 0.489 e. The molecule has 2 aromatic rings. The fourth-order valence-corrected chi connectivity index (χ4v) is 2.12. The van der Waals surface area contributed by atoms with Gasteiger partial charge in [-0.1, -0.05) is 49.1 Å². The average molecular weight is 297 g/mol. The van der Waals surface area contributed by atoms with Gasteiger partial charge in [-0.05, 0) is 17.2 Å². The molecule has 0 aliphatic rings. The van der Waals surface area contributed by atoms with Gasteiger partial charge in [-0.2, -0.15) is 0 Å². The minimum atomic E-state index is -0.294. The Morgan fingerprint density at radius 2 is 1.91 bits per heavy atom. The van der Waals surface area contributed by atoms with Gasteiger partial charge in [-0.3, -0.25) is 0 Å². The summed E-state index contributed by atoms with van der Waals surface area (Å²) in [7, 11) is 0. The molecule has 114 valence electrons. The SMILES string of the molecule is C=CCNCc1c(F)cc(OCc2ccccc2)cc1C=C. The Kier molecular flexibility index (Phi) is 5.92. The molecular weight excluding hydrogens is 277 g/mol. The third-order valence-electron chi connectivity index (χ3n) is 3.26. The van der Waals surface area contributed by atoms with Crippen molar-refractivity contribution in [2.24, 2.45) is 0 Å². The molecule has 1 N–H and O–H groups in total. The van der Waals surface area contributed by atoms with E-state index in [1.807, 2.05) is 36.4 Å². The van der Waals surface area contributed by atoms with E-state index in [9.17, 15) is 4.39 Å². The Hall–Kier alpha value is -2.39. The maximum atomic E-state index is 14.3. The van der Waals surface area contributed by atoms with Gasteiger partial charge in [0.25, 0.3) is 0 Å². The molecule has 0 spiro atoms. The third kappa shape index (κ3) is 4.30. The van der Waals surface area contributed by atoms with Crippen LogP contribution in [0, 0.1) is 5.82 Å². The number of benzene rings is 2. The van der Waals surface area contributed by atoms with Crippen molar-refractivity contribution in [3.8, 4) is 5.75 Å². The summed E-state index contributed by atoms with van der Waals surface area (Å²) in [6, 6.07) is 13.0. The molecule has 3 heteroatoms. The van der Waals surface area contributed by atoms with Crippen molar-refractivity contribution in [2.75, 3.05) is 6.54 Å². The fraction of sp³-hybridized carbons (Fsp3) is 0.158. The Bertz CT molecular complexity index is 637. The number of nitrogens with one attached hydrogen (secondary N) is 1. The summed E-state index contributed by atoms with van der Waals surface area (Å²) < 4.78 is 19.9. The van der Waals surface area contributed by atoms with Crippen LogP contribution in [0.15, 0.2) is 61.7 Å². The third-order valence-corrected chi connectivity index (χ3v) is 3.26. The van der Waals surface area contributed by atoms with Crippen molar-refractivity contribution < 1.29 is 9.13 Å².